The van der Waals surface area contributed by atoms with Crippen molar-refractivity contribution in [2.24, 2.45) is 0 Å². The first-order valence-electron chi connectivity index (χ1n) is 9.53. The van der Waals surface area contributed by atoms with Crippen molar-refractivity contribution >= 4 is 23.0 Å². The minimum atomic E-state index is -0.386. The number of nitrogens with one attached hydrogen (secondary N) is 1. The fourth-order valence-corrected chi connectivity index (χ4v) is 4.28. The lowest BCUT2D eigenvalue weighted by Gasteiger charge is -2.33. The normalized spacial score (nSPS) is 21.2. The van der Waals surface area contributed by atoms with Gasteiger partial charge in [0.2, 0.25) is 17.3 Å². The molecule has 0 amide bonds. The van der Waals surface area contributed by atoms with Gasteiger partial charge in [0.1, 0.15) is 11.3 Å². The molecule has 5 heteroatoms. The van der Waals surface area contributed by atoms with E-state index in [0.717, 1.165) is 74.6 Å². The lowest BCUT2D eigenvalue weighted by atomic mass is 9.92. The zero-order valence-corrected chi connectivity index (χ0v) is 14.9. The number of aromatic nitrogens is 1. The number of H-pyrrole nitrogens is 1. The van der Waals surface area contributed by atoms with Crippen molar-refractivity contribution in [2.75, 3.05) is 31.1 Å². The molecule has 1 aromatic rings. The summed E-state index contributed by atoms with van der Waals surface area (Å²) in [6, 6.07) is 2.04. The number of ketones is 2. The molecular weight excluding hydrogens is 314 g/mol. The predicted octanol–water partition coefficient (Wildman–Crippen LogP) is 2.39. The Morgan fingerprint density at radius 1 is 0.880 bits per heavy atom. The third-order valence-electron chi connectivity index (χ3n) is 5.55. The molecule has 0 unspecified atom stereocenters. The van der Waals surface area contributed by atoms with Crippen LogP contribution in [0.25, 0.3) is 5.70 Å². The molecule has 3 aliphatic rings. The minimum Gasteiger partial charge on any atom is -0.371 e. The highest BCUT2D eigenvalue weighted by Crippen LogP contribution is 2.34. The van der Waals surface area contributed by atoms with Crippen molar-refractivity contribution in [3.8, 4) is 0 Å². The largest absolute Gasteiger partial charge is 0.371 e. The van der Waals surface area contributed by atoms with E-state index in [1.807, 2.05) is 13.0 Å². The Bertz CT molecular complexity index is 742. The third-order valence-corrected chi connectivity index (χ3v) is 5.55. The summed E-state index contributed by atoms with van der Waals surface area (Å²) in [5, 5.41) is 0. The number of hydrogen-bond acceptors (Lipinski definition) is 4. The number of carbonyl (C=O) groups is 2. The first kappa shape index (κ1) is 16.3. The fourth-order valence-electron chi connectivity index (χ4n) is 4.28. The number of allylic oxidation sites excluding steroid dienone is 1. The van der Waals surface area contributed by atoms with Crippen molar-refractivity contribution in [1.82, 2.24) is 4.90 Å². The Balaban J connectivity index is 1.83. The summed E-state index contributed by atoms with van der Waals surface area (Å²) >= 11 is 0. The number of hydrogen-bond donors (Lipinski definition) is 0. The summed E-state index contributed by atoms with van der Waals surface area (Å²) in [6.07, 6.45) is 8.58. The zero-order chi connectivity index (χ0) is 17.4. The molecule has 132 valence electrons. The summed E-state index contributed by atoms with van der Waals surface area (Å²) in [7, 11) is 0. The van der Waals surface area contributed by atoms with E-state index >= 15 is 0 Å². The molecule has 0 radical (unpaired) electrons. The number of carbonyl (C=O) groups excluding carboxylic acids is 2. The van der Waals surface area contributed by atoms with Crippen molar-refractivity contribution in [3.05, 3.63) is 29.1 Å². The van der Waals surface area contributed by atoms with Gasteiger partial charge in [0.15, 0.2) is 5.69 Å². The van der Waals surface area contributed by atoms with Crippen LogP contribution in [-0.4, -0.2) is 42.6 Å². The van der Waals surface area contributed by atoms with E-state index in [-0.39, 0.29) is 11.6 Å². The number of likely N-dealkylation sites (tertiary alicyclic amines) is 1. The van der Waals surface area contributed by atoms with Crippen LogP contribution in [0.3, 0.4) is 0 Å². The summed E-state index contributed by atoms with van der Waals surface area (Å²) in [6.45, 7) is 5.85. The van der Waals surface area contributed by atoms with Crippen LogP contribution < -0.4 is 9.88 Å². The molecule has 2 aliphatic heterocycles. The van der Waals surface area contributed by atoms with Gasteiger partial charge in [-0.05, 0) is 38.5 Å². The van der Waals surface area contributed by atoms with Crippen molar-refractivity contribution in [2.45, 2.75) is 45.4 Å². The Morgan fingerprint density at radius 3 is 2.12 bits per heavy atom. The number of nitrogens with zero attached hydrogens (tertiary/aromatic N) is 2. The van der Waals surface area contributed by atoms with E-state index in [0.29, 0.717) is 5.56 Å². The zero-order valence-electron chi connectivity index (χ0n) is 14.9. The van der Waals surface area contributed by atoms with Gasteiger partial charge >= 0.3 is 0 Å². The first-order valence-corrected chi connectivity index (χ1v) is 9.53. The van der Waals surface area contributed by atoms with E-state index in [9.17, 15) is 9.59 Å². The number of piperidine rings is 2. The van der Waals surface area contributed by atoms with Gasteiger partial charge in [-0.1, -0.05) is 0 Å². The highest BCUT2D eigenvalue weighted by Gasteiger charge is 2.38. The van der Waals surface area contributed by atoms with Gasteiger partial charge in [-0.3, -0.25) is 9.59 Å². The van der Waals surface area contributed by atoms with Gasteiger partial charge in [-0.15, -0.1) is 0 Å². The number of anilines is 1. The van der Waals surface area contributed by atoms with Crippen LogP contribution in [0.1, 0.15) is 60.3 Å². The molecule has 2 fully saturated rings. The molecule has 1 N–H and O–H groups in total. The molecule has 5 nitrogen and oxygen atoms in total. The van der Waals surface area contributed by atoms with Gasteiger partial charge in [-0.2, -0.15) is 0 Å². The average molecular weight is 340 g/mol. The van der Waals surface area contributed by atoms with Crippen LogP contribution in [0.5, 0.6) is 0 Å². The second-order valence-corrected chi connectivity index (χ2v) is 7.41. The maximum atomic E-state index is 12.8. The number of pyridine rings is 1. The minimum absolute atomic E-state index is 0.368. The van der Waals surface area contributed by atoms with E-state index in [1.54, 1.807) is 6.08 Å². The molecule has 1 aliphatic carbocycles. The van der Waals surface area contributed by atoms with E-state index in [2.05, 4.69) is 14.8 Å². The molecule has 0 atom stereocenters. The van der Waals surface area contributed by atoms with Crippen LogP contribution >= 0.6 is 0 Å². The fraction of sp³-hybridized carbons (Fsp3) is 0.550. The lowest BCUT2D eigenvalue weighted by molar-refractivity contribution is -0.392. The highest BCUT2D eigenvalue weighted by atomic mass is 16.2. The molecule has 2 saturated heterocycles. The Kier molecular flexibility index (Phi) is 4.32. The molecule has 0 bridgehead atoms. The predicted molar refractivity (Wildman–Crippen MR) is 96.5 cm³/mol. The van der Waals surface area contributed by atoms with Crippen LogP contribution in [0.2, 0.25) is 0 Å². The smallest absolute Gasteiger partial charge is 0.241 e. The van der Waals surface area contributed by atoms with Crippen molar-refractivity contribution in [1.29, 1.82) is 0 Å². The van der Waals surface area contributed by atoms with Gasteiger partial charge in [0.25, 0.3) is 0 Å². The van der Waals surface area contributed by atoms with Gasteiger partial charge in [0, 0.05) is 45.2 Å². The number of aromatic amines is 1. The summed E-state index contributed by atoms with van der Waals surface area (Å²) < 4.78 is 0. The van der Waals surface area contributed by atoms with Gasteiger partial charge < -0.3 is 9.80 Å². The summed E-state index contributed by atoms with van der Waals surface area (Å²) in [5.41, 5.74) is 4.30. The maximum absolute atomic E-state index is 12.8. The third kappa shape index (κ3) is 2.96. The molecule has 0 aromatic carbocycles. The monoisotopic (exact) mass is 340 g/mol. The van der Waals surface area contributed by atoms with Crippen LogP contribution in [0.4, 0.5) is 5.69 Å². The van der Waals surface area contributed by atoms with Crippen molar-refractivity contribution in [3.63, 3.8) is 0 Å². The SMILES string of the molecule is Cc1cc(N2CCCCC2)c2c([nH+]1)C(N1CCCCC1)=CC(=O)C2=O. The molecule has 25 heavy (non-hydrogen) atoms. The number of rotatable bonds is 2. The molecule has 1 aromatic heterocycles. The maximum Gasteiger partial charge on any atom is 0.241 e. The quantitative estimate of drug-likeness (QED) is 0.776. The standard InChI is InChI=1S/C20H25N3O2/c1-14-12-15(22-8-4-2-5-9-22)18-19(21-14)16(13-17(24)20(18)25)23-10-6-3-7-11-23/h12-13H,2-11H2,1H3/p+1. The second kappa shape index (κ2) is 6.62. The lowest BCUT2D eigenvalue weighted by Crippen LogP contribution is -2.39. The first-order chi connectivity index (χ1) is 12.1. The number of Topliss-reactive ketones (excluding diaryl/α,β-unsaturated/α-hetero) is 1. The summed E-state index contributed by atoms with van der Waals surface area (Å²) in [4.78, 5) is 33.2. The van der Waals surface area contributed by atoms with Gasteiger partial charge in [-0.25, -0.2) is 4.98 Å². The van der Waals surface area contributed by atoms with E-state index < -0.39 is 0 Å². The van der Waals surface area contributed by atoms with E-state index in [1.165, 1.54) is 12.8 Å². The van der Waals surface area contributed by atoms with Crippen LogP contribution in [0, 0.1) is 6.92 Å². The average Bonchev–Trinajstić information content (AvgIpc) is 2.65. The molecule has 0 saturated carbocycles. The van der Waals surface area contributed by atoms with Gasteiger partial charge in [0.05, 0.1) is 5.69 Å². The Hall–Kier alpha value is -2.17. The second-order valence-electron chi connectivity index (χ2n) is 7.41. The highest BCUT2D eigenvalue weighted by molar-refractivity contribution is 6.51. The molecular formula is C20H26N3O2+. The summed E-state index contributed by atoms with van der Waals surface area (Å²) in [5.74, 6) is -0.754. The Morgan fingerprint density at radius 2 is 1.48 bits per heavy atom. The van der Waals surface area contributed by atoms with Crippen molar-refractivity contribution < 1.29 is 14.6 Å². The number of fused-ring (bicyclic) bond motifs is 1. The molecule has 0 spiro atoms. The van der Waals surface area contributed by atoms with Crippen LogP contribution in [-0.2, 0) is 4.79 Å². The Labute approximate surface area is 148 Å². The van der Waals surface area contributed by atoms with Crippen LogP contribution in [0.15, 0.2) is 12.1 Å². The van der Waals surface area contributed by atoms with E-state index in [4.69, 9.17) is 0 Å². The molecule has 4 rings (SSSR count). The number of aryl methyl sites for hydroxylation is 1. The topological polar surface area (TPSA) is 54.8 Å². The molecule has 3 heterocycles.